The van der Waals surface area contributed by atoms with Gasteiger partial charge in [-0.15, -0.1) is 0 Å². The molecule has 2 amide bonds. The summed E-state index contributed by atoms with van der Waals surface area (Å²) in [5.74, 6) is -0.806. The highest BCUT2D eigenvalue weighted by molar-refractivity contribution is 5.95. The number of nitrogens with zero attached hydrogens (tertiary/aromatic N) is 3. The first-order valence-corrected chi connectivity index (χ1v) is 15.2. The van der Waals surface area contributed by atoms with E-state index in [2.05, 4.69) is 27.8 Å². The number of hydrogen-bond acceptors (Lipinski definition) is 4. The first kappa shape index (κ1) is 29.7. The zero-order chi connectivity index (χ0) is 30.8. The van der Waals surface area contributed by atoms with Gasteiger partial charge in [0.1, 0.15) is 23.2 Å². The third-order valence-corrected chi connectivity index (χ3v) is 9.01. The van der Waals surface area contributed by atoms with Crippen LogP contribution in [0.25, 0.3) is 0 Å². The highest BCUT2D eigenvalue weighted by Crippen LogP contribution is 2.31. The van der Waals surface area contributed by atoms with Crippen molar-refractivity contribution in [3.8, 4) is 0 Å². The van der Waals surface area contributed by atoms with E-state index in [4.69, 9.17) is 0 Å². The van der Waals surface area contributed by atoms with Crippen molar-refractivity contribution in [2.75, 3.05) is 18.4 Å². The molecule has 0 spiro atoms. The van der Waals surface area contributed by atoms with E-state index in [1.54, 1.807) is 17.1 Å². The number of fused-ring (bicyclic) bond motifs is 1. The second-order valence-electron chi connectivity index (χ2n) is 12.3. The van der Waals surface area contributed by atoms with Crippen LogP contribution < -0.4 is 10.6 Å². The minimum Gasteiger partial charge on any atom is -0.340 e. The van der Waals surface area contributed by atoms with E-state index in [0.29, 0.717) is 55.2 Å². The van der Waals surface area contributed by atoms with Crippen LogP contribution in [0.3, 0.4) is 0 Å². The fourth-order valence-corrected chi connectivity index (χ4v) is 6.46. The van der Waals surface area contributed by atoms with Gasteiger partial charge in [0, 0.05) is 37.3 Å². The Bertz CT molecular complexity index is 1640. The molecular weight excluding hydrogens is 560 g/mol. The molecule has 2 aliphatic rings. The molecule has 4 aromatic rings. The van der Waals surface area contributed by atoms with E-state index in [1.807, 2.05) is 67.3 Å². The van der Waals surface area contributed by atoms with E-state index in [-0.39, 0.29) is 17.9 Å². The second kappa shape index (κ2) is 12.3. The molecule has 1 aliphatic carbocycles. The molecule has 7 nitrogen and oxygen atoms in total. The number of rotatable bonds is 8. The van der Waals surface area contributed by atoms with E-state index in [1.165, 1.54) is 11.6 Å². The van der Waals surface area contributed by atoms with Crippen molar-refractivity contribution < 1.29 is 18.4 Å². The summed E-state index contributed by atoms with van der Waals surface area (Å²) in [4.78, 5) is 33.7. The Labute approximate surface area is 256 Å². The number of carbonyl (C=O) groups excluding carboxylic acids is 2. The molecule has 0 bridgehead atoms. The molecule has 2 N–H and O–H groups in total. The van der Waals surface area contributed by atoms with Gasteiger partial charge in [-0.1, -0.05) is 60.7 Å². The predicted octanol–water partition coefficient (Wildman–Crippen LogP) is 5.74. The van der Waals surface area contributed by atoms with Crippen molar-refractivity contribution in [2.45, 2.75) is 63.1 Å². The molecule has 3 aromatic carbocycles. The molecule has 1 aromatic heterocycles. The third kappa shape index (κ3) is 6.15. The van der Waals surface area contributed by atoms with Crippen LogP contribution in [0, 0.1) is 11.6 Å². The van der Waals surface area contributed by atoms with E-state index < -0.39 is 23.2 Å². The first-order chi connectivity index (χ1) is 21.2. The molecule has 1 aliphatic heterocycles. The monoisotopic (exact) mass is 597 g/mol. The van der Waals surface area contributed by atoms with Gasteiger partial charge in [-0.25, -0.2) is 13.8 Å². The number of hydrogen-bond donors (Lipinski definition) is 2. The number of anilines is 1. The van der Waals surface area contributed by atoms with Crippen LogP contribution in [0.4, 0.5) is 14.6 Å². The van der Waals surface area contributed by atoms with Gasteiger partial charge in [-0.2, -0.15) is 0 Å². The van der Waals surface area contributed by atoms with Crippen LogP contribution in [-0.4, -0.2) is 45.4 Å². The lowest BCUT2D eigenvalue weighted by molar-refractivity contribution is -0.138. The smallest absolute Gasteiger partial charge is 0.248 e. The molecule has 1 saturated heterocycles. The molecule has 6 rings (SSSR count). The average molecular weight is 598 g/mol. The summed E-state index contributed by atoms with van der Waals surface area (Å²) >= 11 is 0. The van der Waals surface area contributed by atoms with Gasteiger partial charge in [0.05, 0.1) is 6.33 Å². The largest absolute Gasteiger partial charge is 0.340 e. The Morgan fingerprint density at radius 2 is 1.73 bits per heavy atom. The van der Waals surface area contributed by atoms with Gasteiger partial charge < -0.3 is 14.8 Å². The zero-order valence-corrected chi connectivity index (χ0v) is 25.0. The fourth-order valence-electron chi connectivity index (χ4n) is 6.46. The van der Waals surface area contributed by atoms with Crippen LogP contribution in [0.5, 0.6) is 0 Å². The molecule has 2 unspecified atom stereocenters. The quantitative estimate of drug-likeness (QED) is 0.272. The van der Waals surface area contributed by atoms with Gasteiger partial charge in [0.15, 0.2) is 5.82 Å². The molecule has 228 valence electrons. The maximum absolute atomic E-state index is 14.6. The normalized spacial score (nSPS) is 19.0. The first-order valence-electron chi connectivity index (χ1n) is 15.2. The van der Waals surface area contributed by atoms with Crippen molar-refractivity contribution in [3.05, 3.63) is 119 Å². The number of benzene rings is 3. The summed E-state index contributed by atoms with van der Waals surface area (Å²) < 4.78 is 30.1. The number of aromatic nitrogens is 2. The van der Waals surface area contributed by atoms with Crippen molar-refractivity contribution in [2.24, 2.45) is 0 Å². The Morgan fingerprint density at radius 1 is 1.00 bits per heavy atom. The standard InChI is InChI=1S/C35H37F2N5O2/c1-35(2,34(44)41-16-15-26(20-41)23-9-5-3-6-10-23)42-21-31(38-22-42)40-33(43)32(24-11-7-4-8-12-24)39-28-14-13-25-17-27(36)18-30(37)29(25)19-28/h3-12,17-18,21-22,26,28,32,39H,13-16,19-20H2,1-2H3,(H,40,43)/t26?,28?,32-/m0/s1. The Morgan fingerprint density at radius 3 is 2.48 bits per heavy atom. The summed E-state index contributed by atoms with van der Waals surface area (Å²) in [6, 6.07) is 21.0. The molecule has 0 radical (unpaired) electrons. The van der Waals surface area contributed by atoms with Crippen LogP contribution in [-0.2, 0) is 28.0 Å². The van der Waals surface area contributed by atoms with E-state index in [0.717, 1.165) is 18.1 Å². The molecule has 0 saturated carbocycles. The van der Waals surface area contributed by atoms with E-state index in [9.17, 15) is 18.4 Å². The van der Waals surface area contributed by atoms with Gasteiger partial charge in [-0.3, -0.25) is 14.9 Å². The lowest BCUT2D eigenvalue weighted by Crippen LogP contribution is -2.45. The minimum absolute atomic E-state index is 0.000250. The van der Waals surface area contributed by atoms with Crippen molar-refractivity contribution in [1.82, 2.24) is 19.8 Å². The topological polar surface area (TPSA) is 79.3 Å². The van der Waals surface area contributed by atoms with Crippen LogP contribution >= 0.6 is 0 Å². The Kier molecular flexibility index (Phi) is 8.31. The number of carbonyl (C=O) groups is 2. The SMILES string of the molecule is CC(C)(C(=O)N1CCC(c2ccccc2)C1)n1cnc(NC(=O)[C@@H](NC2CCc3cc(F)cc(F)c3C2)c2ccccc2)c1. The van der Waals surface area contributed by atoms with Crippen molar-refractivity contribution in [3.63, 3.8) is 0 Å². The van der Waals surface area contributed by atoms with Gasteiger partial charge >= 0.3 is 0 Å². The highest BCUT2D eigenvalue weighted by Gasteiger charge is 2.38. The lowest BCUT2D eigenvalue weighted by atomic mass is 9.87. The van der Waals surface area contributed by atoms with Gasteiger partial charge in [0.25, 0.3) is 0 Å². The summed E-state index contributed by atoms with van der Waals surface area (Å²) in [5.41, 5.74) is 2.26. The summed E-state index contributed by atoms with van der Waals surface area (Å²) in [5, 5.41) is 6.33. The number of amides is 2. The number of likely N-dealkylation sites (tertiary alicyclic amines) is 1. The fraction of sp³-hybridized carbons (Fsp3) is 0.343. The van der Waals surface area contributed by atoms with Crippen LogP contribution in [0.15, 0.2) is 85.3 Å². The number of halogens is 2. The van der Waals surface area contributed by atoms with E-state index >= 15 is 0 Å². The highest BCUT2D eigenvalue weighted by atomic mass is 19.1. The third-order valence-electron chi connectivity index (χ3n) is 9.01. The summed E-state index contributed by atoms with van der Waals surface area (Å²) in [6.45, 7) is 5.08. The lowest BCUT2D eigenvalue weighted by Gasteiger charge is -2.30. The molecule has 2 heterocycles. The molecule has 3 atom stereocenters. The van der Waals surface area contributed by atoms with Gasteiger partial charge in [0.2, 0.25) is 11.8 Å². The van der Waals surface area contributed by atoms with Crippen molar-refractivity contribution in [1.29, 1.82) is 0 Å². The number of aryl methyl sites for hydroxylation is 1. The Hall–Kier alpha value is -4.37. The molecule has 44 heavy (non-hydrogen) atoms. The number of nitrogens with one attached hydrogen (secondary N) is 2. The molecular formula is C35H37F2N5O2. The van der Waals surface area contributed by atoms with Crippen LogP contribution in [0.1, 0.15) is 60.9 Å². The average Bonchev–Trinajstić information content (AvgIpc) is 3.71. The van der Waals surface area contributed by atoms with Crippen molar-refractivity contribution >= 4 is 17.6 Å². The van der Waals surface area contributed by atoms with Crippen LogP contribution in [0.2, 0.25) is 0 Å². The van der Waals surface area contributed by atoms with Gasteiger partial charge in [-0.05, 0) is 67.9 Å². The predicted molar refractivity (Wildman–Crippen MR) is 165 cm³/mol. The minimum atomic E-state index is -0.905. The molecule has 1 fully saturated rings. The number of imidazole rings is 1. The second-order valence-corrected chi connectivity index (χ2v) is 12.3. The zero-order valence-electron chi connectivity index (χ0n) is 25.0. The maximum atomic E-state index is 14.6. The summed E-state index contributed by atoms with van der Waals surface area (Å²) in [6.07, 6.45) is 5.68. The Balaban J connectivity index is 1.14. The molecule has 9 heteroatoms. The maximum Gasteiger partial charge on any atom is 0.248 e. The summed E-state index contributed by atoms with van der Waals surface area (Å²) in [7, 11) is 0.